The van der Waals surface area contributed by atoms with Crippen molar-refractivity contribution >= 4 is 27.3 Å². The molecule has 3 aromatic rings. The number of aryl methyl sites for hydroxylation is 1. The molecule has 2 N–H and O–H groups in total. The minimum Gasteiger partial charge on any atom is -0.497 e. The van der Waals surface area contributed by atoms with Gasteiger partial charge in [0.15, 0.2) is 0 Å². The summed E-state index contributed by atoms with van der Waals surface area (Å²) in [5.41, 5.74) is 3.50. The molecule has 1 aliphatic carbocycles. The SMILES string of the molecule is COc1ccc(NS(=O)(=O)c2cc3c(c(NC(=O)c4ccccc4)c2)CCCC3)cc1. The average molecular weight is 437 g/mol. The smallest absolute Gasteiger partial charge is 0.261 e. The van der Waals surface area contributed by atoms with Crippen LogP contribution in [0.1, 0.15) is 34.3 Å². The monoisotopic (exact) mass is 436 g/mol. The van der Waals surface area contributed by atoms with E-state index in [0.29, 0.717) is 22.7 Å². The number of anilines is 2. The molecule has 6 nitrogen and oxygen atoms in total. The molecule has 0 heterocycles. The Labute approximate surface area is 182 Å². The first kappa shape index (κ1) is 20.9. The average Bonchev–Trinajstić information content (AvgIpc) is 2.80. The lowest BCUT2D eigenvalue weighted by atomic mass is 9.90. The fourth-order valence-corrected chi connectivity index (χ4v) is 4.90. The van der Waals surface area contributed by atoms with Crippen LogP contribution in [0.25, 0.3) is 0 Å². The molecule has 7 heteroatoms. The fourth-order valence-electron chi connectivity index (χ4n) is 3.76. The van der Waals surface area contributed by atoms with Gasteiger partial charge in [0.1, 0.15) is 5.75 Å². The summed E-state index contributed by atoms with van der Waals surface area (Å²) in [4.78, 5) is 12.9. The highest BCUT2D eigenvalue weighted by molar-refractivity contribution is 7.92. The van der Waals surface area contributed by atoms with Gasteiger partial charge in [-0.15, -0.1) is 0 Å². The third-order valence-electron chi connectivity index (χ3n) is 5.38. The van der Waals surface area contributed by atoms with E-state index in [-0.39, 0.29) is 10.8 Å². The summed E-state index contributed by atoms with van der Waals surface area (Å²) < 4.78 is 33.9. The molecule has 160 valence electrons. The summed E-state index contributed by atoms with van der Waals surface area (Å²) >= 11 is 0. The lowest BCUT2D eigenvalue weighted by Gasteiger charge is -2.22. The number of rotatable bonds is 6. The second kappa shape index (κ2) is 8.81. The predicted molar refractivity (Wildman–Crippen MR) is 121 cm³/mol. The molecule has 0 saturated carbocycles. The maximum atomic E-state index is 13.1. The summed E-state index contributed by atoms with van der Waals surface area (Å²) in [7, 11) is -2.28. The number of fused-ring (bicyclic) bond motifs is 1. The van der Waals surface area contributed by atoms with Crippen LogP contribution in [0.2, 0.25) is 0 Å². The Kier molecular flexibility index (Phi) is 5.95. The minimum atomic E-state index is -3.83. The summed E-state index contributed by atoms with van der Waals surface area (Å²) in [5, 5.41) is 2.93. The van der Waals surface area contributed by atoms with Crippen molar-refractivity contribution in [3.05, 3.63) is 83.4 Å². The number of hydrogen-bond acceptors (Lipinski definition) is 4. The largest absolute Gasteiger partial charge is 0.497 e. The topological polar surface area (TPSA) is 84.5 Å². The third-order valence-corrected chi connectivity index (χ3v) is 6.74. The Morgan fingerprint density at radius 2 is 1.65 bits per heavy atom. The van der Waals surface area contributed by atoms with Gasteiger partial charge in [0.2, 0.25) is 0 Å². The number of carbonyl (C=O) groups excluding carboxylic acids is 1. The van der Waals surface area contributed by atoms with E-state index in [1.54, 1.807) is 67.8 Å². The van der Waals surface area contributed by atoms with E-state index < -0.39 is 10.0 Å². The van der Waals surface area contributed by atoms with Crippen molar-refractivity contribution in [2.75, 3.05) is 17.1 Å². The summed E-state index contributed by atoms with van der Waals surface area (Å²) in [6, 6.07) is 18.8. The van der Waals surface area contributed by atoms with E-state index in [0.717, 1.165) is 36.8 Å². The molecule has 31 heavy (non-hydrogen) atoms. The normalized spacial score (nSPS) is 13.2. The molecule has 4 rings (SSSR count). The Morgan fingerprint density at radius 1 is 0.935 bits per heavy atom. The first-order chi connectivity index (χ1) is 15.0. The van der Waals surface area contributed by atoms with Crippen LogP contribution in [-0.2, 0) is 22.9 Å². The van der Waals surface area contributed by atoms with Crippen LogP contribution < -0.4 is 14.8 Å². The number of hydrogen-bond donors (Lipinski definition) is 2. The number of methoxy groups -OCH3 is 1. The van der Waals surface area contributed by atoms with Crippen LogP contribution in [0.15, 0.2) is 71.6 Å². The first-order valence-corrected chi connectivity index (χ1v) is 11.6. The molecule has 3 aromatic carbocycles. The zero-order valence-corrected chi connectivity index (χ0v) is 18.0. The number of benzene rings is 3. The van der Waals surface area contributed by atoms with Gasteiger partial charge >= 0.3 is 0 Å². The Morgan fingerprint density at radius 3 is 2.35 bits per heavy atom. The highest BCUT2D eigenvalue weighted by atomic mass is 32.2. The zero-order valence-electron chi connectivity index (χ0n) is 17.2. The molecule has 0 spiro atoms. The number of amides is 1. The Hall–Kier alpha value is -3.32. The number of sulfonamides is 1. The van der Waals surface area contributed by atoms with Crippen LogP contribution in [0.3, 0.4) is 0 Å². The lowest BCUT2D eigenvalue weighted by Crippen LogP contribution is -2.18. The fraction of sp³-hybridized carbons (Fsp3) is 0.208. The standard InChI is InChI=1S/C24H24N2O4S/c1-30-20-13-11-19(12-14-20)26-31(28,29)21-15-18-9-5-6-10-22(18)23(16-21)25-24(27)17-7-3-2-4-8-17/h2-4,7-8,11-16,26H,5-6,9-10H2,1H3,(H,25,27). The third kappa shape index (κ3) is 4.72. The van der Waals surface area contributed by atoms with Gasteiger partial charge in [0.25, 0.3) is 15.9 Å². The predicted octanol–water partition coefficient (Wildman–Crippen LogP) is 4.63. The molecule has 0 aromatic heterocycles. The van der Waals surface area contributed by atoms with Gasteiger partial charge in [0, 0.05) is 16.9 Å². The van der Waals surface area contributed by atoms with Crippen LogP contribution in [0.4, 0.5) is 11.4 Å². The molecule has 0 unspecified atom stereocenters. The van der Waals surface area contributed by atoms with E-state index in [4.69, 9.17) is 4.74 Å². The Bertz CT molecular complexity index is 1190. The number of ether oxygens (including phenoxy) is 1. The van der Waals surface area contributed by atoms with Crippen molar-refractivity contribution in [2.24, 2.45) is 0 Å². The van der Waals surface area contributed by atoms with Gasteiger partial charge in [-0.1, -0.05) is 18.2 Å². The maximum absolute atomic E-state index is 13.1. The lowest BCUT2D eigenvalue weighted by molar-refractivity contribution is 0.102. The van der Waals surface area contributed by atoms with Crippen LogP contribution in [0, 0.1) is 0 Å². The molecule has 0 fully saturated rings. The molecule has 0 bridgehead atoms. The van der Waals surface area contributed by atoms with Crippen molar-refractivity contribution in [2.45, 2.75) is 30.6 Å². The van der Waals surface area contributed by atoms with Crippen LogP contribution in [-0.4, -0.2) is 21.4 Å². The van der Waals surface area contributed by atoms with Gasteiger partial charge in [-0.2, -0.15) is 0 Å². The number of carbonyl (C=O) groups is 1. The van der Waals surface area contributed by atoms with Gasteiger partial charge in [-0.05, 0) is 85.3 Å². The molecule has 1 amide bonds. The van der Waals surface area contributed by atoms with E-state index in [1.807, 2.05) is 6.07 Å². The summed E-state index contributed by atoms with van der Waals surface area (Å²) in [5.74, 6) is 0.383. The van der Waals surface area contributed by atoms with Crippen molar-refractivity contribution < 1.29 is 17.9 Å². The summed E-state index contributed by atoms with van der Waals surface area (Å²) in [6.45, 7) is 0. The highest BCUT2D eigenvalue weighted by Gasteiger charge is 2.22. The van der Waals surface area contributed by atoms with E-state index in [9.17, 15) is 13.2 Å². The zero-order chi connectivity index (χ0) is 21.8. The van der Waals surface area contributed by atoms with Gasteiger partial charge < -0.3 is 10.1 Å². The second-order valence-electron chi connectivity index (χ2n) is 7.47. The molecular formula is C24H24N2O4S. The van der Waals surface area contributed by atoms with Crippen molar-refractivity contribution in [3.8, 4) is 5.75 Å². The molecule has 0 radical (unpaired) electrons. The van der Waals surface area contributed by atoms with Gasteiger partial charge in [-0.3, -0.25) is 9.52 Å². The van der Waals surface area contributed by atoms with Crippen molar-refractivity contribution in [1.29, 1.82) is 0 Å². The van der Waals surface area contributed by atoms with Crippen molar-refractivity contribution in [1.82, 2.24) is 0 Å². The molecular weight excluding hydrogens is 412 g/mol. The van der Waals surface area contributed by atoms with Crippen LogP contribution in [0.5, 0.6) is 5.75 Å². The van der Waals surface area contributed by atoms with E-state index in [1.165, 1.54) is 0 Å². The number of nitrogens with one attached hydrogen (secondary N) is 2. The molecule has 0 saturated heterocycles. The Balaban J connectivity index is 1.67. The molecule has 0 aliphatic heterocycles. The van der Waals surface area contributed by atoms with Gasteiger partial charge in [-0.25, -0.2) is 8.42 Å². The van der Waals surface area contributed by atoms with Crippen LogP contribution >= 0.6 is 0 Å². The van der Waals surface area contributed by atoms with Crippen molar-refractivity contribution in [3.63, 3.8) is 0 Å². The maximum Gasteiger partial charge on any atom is 0.261 e. The van der Waals surface area contributed by atoms with E-state index >= 15 is 0 Å². The molecule has 0 atom stereocenters. The quantitative estimate of drug-likeness (QED) is 0.590. The first-order valence-electron chi connectivity index (χ1n) is 10.2. The molecule has 1 aliphatic rings. The summed E-state index contributed by atoms with van der Waals surface area (Å²) in [6.07, 6.45) is 3.60. The highest BCUT2D eigenvalue weighted by Crippen LogP contribution is 2.32. The van der Waals surface area contributed by atoms with Gasteiger partial charge in [0.05, 0.1) is 12.0 Å². The minimum absolute atomic E-state index is 0.132. The van der Waals surface area contributed by atoms with E-state index in [2.05, 4.69) is 10.0 Å². The second-order valence-corrected chi connectivity index (χ2v) is 9.15.